The van der Waals surface area contributed by atoms with Gasteiger partial charge in [-0.2, -0.15) is 0 Å². The van der Waals surface area contributed by atoms with Crippen molar-refractivity contribution >= 4 is 5.91 Å². The Hall–Kier alpha value is -1.39. The molecule has 0 aromatic heterocycles. The van der Waals surface area contributed by atoms with Crippen molar-refractivity contribution in [1.82, 2.24) is 10.2 Å². The molecule has 0 spiro atoms. The molecule has 0 radical (unpaired) electrons. The summed E-state index contributed by atoms with van der Waals surface area (Å²) in [7, 11) is 0. The van der Waals surface area contributed by atoms with Crippen LogP contribution in [0.3, 0.4) is 0 Å². The quantitative estimate of drug-likeness (QED) is 0.780. The highest BCUT2D eigenvalue weighted by Crippen LogP contribution is 2.20. The first kappa shape index (κ1) is 18.4. The third-order valence-electron chi connectivity index (χ3n) is 5.76. The van der Waals surface area contributed by atoms with E-state index >= 15 is 0 Å². The van der Waals surface area contributed by atoms with E-state index in [9.17, 15) is 4.79 Å². The fourth-order valence-electron chi connectivity index (χ4n) is 4.27. The summed E-state index contributed by atoms with van der Waals surface area (Å²) in [5.74, 6) is -0.125. The zero-order valence-corrected chi connectivity index (χ0v) is 15.4. The molecule has 1 aromatic rings. The first-order valence-electron chi connectivity index (χ1n) is 10.0. The van der Waals surface area contributed by atoms with Crippen LogP contribution < -0.4 is 11.1 Å². The Labute approximate surface area is 152 Å². The largest absolute Gasteiger partial charge is 0.369 e. The molecular formula is C21H33N3O. The third kappa shape index (κ3) is 5.82. The predicted octanol–water partition coefficient (Wildman–Crippen LogP) is 3.20. The van der Waals surface area contributed by atoms with Crippen molar-refractivity contribution in [3.8, 4) is 0 Å². The minimum absolute atomic E-state index is 0.0221. The van der Waals surface area contributed by atoms with Crippen molar-refractivity contribution < 1.29 is 4.79 Å². The molecule has 3 rings (SSSR count). The van der Waals surface area contributed by atoms with Gasteiger partial charge in [0.2, 0.25) is 5.91 Å². The second-order valence-corrected chi connectivity index (χ2v) is 7.87. The number of hydrogen-bond donors (Lipinski definition) is 2. The minimum Gasteiger partial charge on any atom is -0.369 e. The molecule has 3 N–H and O–H groups in total. The number of rotatable bonds is 6. The van der Waals surface area contributed by atoms with Crippen molar-refractivity contribution in [2.45, 2.75) is 70.5 Å². The minimum atomic E-state index is -0.147. The van der Waals surface area contributed by atoms with E-state index in [4.69, 9.17) is 5.73 Å². The first-order chi connectivity index (χ1) is 12.2. The number of carbonyl (C=O) groups excluding carboxylic acids is 1. The number of primary amides is 1. The molecule has 1 heterocycles. The number of hydrogen-bond acceptors (Lipinski definition) is 3. The summed E-state index contributed by atoms with van der Waals surface area (Å²) in [6, 6.07) is 9.58. The lowest BCUT2D eigenvalue weighted by Gasteiger charge is -2.31. The van der Waals surface area contributed by atoms with Gasteiger partial charge in [-0.3, -0.25) is 9.69 Å². The number of amides is 1. The smallest absolute Gasteiger partial charge is 0.221 e. The van der Waals surface area contributed by atoms with Crippen molar-refractivity contribution in [2.24, 2.45) is 11.7 Å². The molecule has 1 aliphatic carbocycles. The van der Waals surface area contributed by atoms with Crippen LogP contribution in [-0.2, 0) is 17.9 Å². The standard InChI is InChI=1S/C21H33N3O/c22-21(25)19-9-6-12-24(16-19)15-18-8-5-7-17(13-18)14-23-20-10-3-1-2-4-11-20/h5,7-8,13,19-20,23H,1-4,6,9-12,14-16H2,(H2,22,25). The lowest BCUT2D eigenvalue weighted by atomic mass is 9.97. The SMILES string of the molecule is NC(=O)C1CCCN(Cc2cccc(CNC3CCCCCC3)c2)C1. The van der Waals surface area contributed by atoms with E-state index in [0.29, 0.717) is 6.04 Å². The van der Waals surface area contributed by atoms with Gasteiger partial charge in [-0.05, 0) is 43.4 Å². The molecule has 1 aliphatic heterocycles. The van der Waals surface area contributed by atoms with E-state index in [1.54, 1.807) is 0 Å². The maximum absolute atomic E-state index is 11.5. The lowest BCUT2D eigenvalue weighted by Crippen LogP contribution is -2.40. The van der Waals surface area contributed by atoms with Crippen molar-refractivity contribution in [3.63, 3.8) is 0 Å². The topological polar surface area (TPSA) is 58.4 Å². The molecule has 1 saturated heterocycles. The summed E-state index contributed by atoms with van der Waals surface area (Å²) in [6.45, 7) is 3.75. The van der Waals surface area contributed by atoms with Crippen molar-refractivity contribution in [3.05, 3.63) is 35.4 Å². The second-order valence-electron chi connectivity index (χ2n) is 7.87. The van der Waals surface area contributed by atoms with Crippen LogP contribution in [0, 0.1) is 5.92 Å². The summed E-state index contributed by atoms with van der Waals surface area (Å²) in [5, 5.41) is 3.76. The molecule has 138 valence electrons. The van der Waals surface area contributed by atoms with Gasteiger partial charge in [0.25, 0.3) is 0 Å². The summed E-state index contributed by atoms with van der Waals surface area (Å²) in [4.78, 5) is 13.8. The maximum atomic E-state index is 11.5. The number of nitrogens with zero attached hydrogens (tertiary/aromatic N) is 1. The molecule has 2 aliphatic rings. The molecule has 1 atom stereocenters. The van der Waals surface area contributed by atoms with Crippen LogP contribution >= 0.6 is 0 Å². The Morgan fingerprint density at radius 1 is 1.08 bits per heavy atom. The van der Waals surface area contributed by atoms with E-state index in [2.05, 4.69) is 34.5 Å². The van der Waals surface area contributed by atoms with Crippen LogP contribution in [0.2, 0.25) is 0 Å². The van der Waals surface area contributed by atoms with Crippen LogP contribution in [0.5, 0.6) is 0 Å². The van der Waals surface area contributed by atoms with E-state index in [1.807, 2.05) is 0 Å². The second kappa shape index (κ2) is 9.35. The van der Waals surface area contributed by atoms with Gasteiger partial charge in [0, 0.05) is 25.7 Å². The highest BCUT2D eigenvalue weighted by Gasteiger charge is 2.23. The summed E-state index contributed by atoms with van der Waals surface area (Å²) in [6.07, 6.45) is 10.2. The zero-order valence-electron chi connectivity index (χ0n) is 15.4. The predicted molar refractivity (Wildman–Crippen MR) is 102 cm³/mol. The van der Waals surface area contributed by atoms with Gasteiger partial charge in [-0.15, -0.1) is 0 Å². The molecule has 1 saturated carbocycles. The van der Waals surface area contributed by atoms with Gasteiger partial charge >= 0.3 is 0 Å². The van der Waals surface area contributed by atoms with Crippen LogP contribution in [0.15, 0.2) is 24.3 Å². The molecule has 2 fully saturated rings. The van der Waals surface area contributed by atoms with Crippen LogP contribution in [0.25, 0.3) is 0 Å². The lowest BCUT2D eigenvalue weighted by molar-refractivity contribution is -0.123. The van der Waals surface area contributed by atoms with E-state index < -0.39 is 0 Å². The zero-order chi connectivity index (χ0) is 17.5. The van der Waals surface area contributed by atoms with Crippen LogP contribution in [0.4, 0.5) is 0 Å². The Kier molecular flexibility index (Phi) is 6.88. The Bertz CT molecular complexity index is 552. The average molecular weight is 344 g/mol. The van der Waals surface area contributed by atoms with E-state index in [-0.39, 0.29) is 11.8 Å². The van der Waals surface area contributed by atoms with Gasteiger partial charge in [0.05, 0.1) is 5.92 Å². The monoisotopic (exact) mass is 343 g/mol. The van der Waals surface area contributed by atoms with E-state index in [0.717, 1.165) is 39.0 Å². The average Bonchev–Trinajstić information content (AvgIpc) is 2.89. The Balaban J connectivity index is 1.51. The number of nitrogens with two attached hydrogens (primary N) is 1. The third-order valence-corrected chi connectivity index (χ3v) is 5.76. The van der Waals surface area contributed by atoms with Crippen LogP contribution in [0.1, 0.15) is 62.5 Å². The normalized spacial score (nSPS) is 23.3. The maximum Gasteiger partial charge on any atom is 0.221 e. The molecule has 4 nitrogen and oxygen atoms in total. The van der Waals surface area contributed by atoms with E-state index in [1.165, 1.54) is 49.7 Å². The van der Waals surface area contributed by atoms with Gasteiger partial charge in [0.1, 0.15) is 0 Å². The molecular weight excluding hydrogens is 310 g/mol. The number of likely N-dealkylation sites (tertiary alicyclic amines) is 1. The summed E-state index contributed by atoms with van der Waals surface area (Å²) in [5.41, 5.74) is 8.20. The van der Waals surface area contributed by atoms with Gasteiger partial charge < -0.3 is 11.1 Å². The highest BCUT2D eigenvalue weighted by atomic mass is 16.1. The number of nitrogens with one attached hydrogen (secondary N) is 1. The fourth-order valence-corrected chi connectivity index (χ4v) is 4.27. The number of piperidine rings is 1. The van der Waals surface area contributed by atoms with Gasteiger partial charge in [-0.25, -0.2) is 0 Å². The molecule has 0 bridgehead atoms. The van der Waals surface area contributed by atoms with Crippen LogP contribution in [-0.4, -0.2) is 29.9 Å². The fraction of sp³-hybridized carbons (Fsp3) is 0.667. The molecule has 4 heteroatoms. The Morgan fingerprint density at radius 3 is 2.60 bits per heavy atom. The molecule has 1 aromatic carbocycles. The molecule has 1 unspecified atom stereocenters. The number of benzene rings is 1. The van der Waals surface area contributed by atoms with Gasteiger partial charge in [-0.1, -0.05) is 49.9 Å². The van der Waals surface area contributed by atoms with Crippen molar-refractivity contribution in [2.75, 3.05) is 13.1 Å². The number of carbonyl (C=O) groups is 1. The van der Waals surface area contributed by atoms with Gasteiger partial charge in [0.15, 0.2) is 0 Å². The Morgan fingerprint density at radius 2 is 1.84 bits per heavy atom. The first-order valence-corrected chi connectivity index (χ1v) is 10.0. The van der Waals surface area contributed by atoms with Crippen molar-refractivity contribution in [1.29, 1.82) is 0 Å². The summed E-state index contributed by atoms with van der Waals surface area (Å²) >= 11 is 0. The highest BCUT2D eigenvalue weighted by molar-refractivity contribution is 5.76. The molecule has 1 amide bonds. The summed E-state index contributed by atoms with van der Waals surface area (Å²) < 4.78 is 0. The molecule has 25 heavy (non-hydrogen) atoms.